The molecule has 0 saturated carbocycles. The molecule has 5 nitrogen and oxygen atoms in total. The van der Waals surface area contributed by atoms with Crippen molar-refractivity contribution < 1.29 is 31.1 Å². The second-order valence-corrected chi connectivity index (χ2v) is 13.2. The SMILES string of the molecule is Cc1cc(C)c(O)c(C=N[C@@H]2CN(Cc3ccccc3)C[C@H]2N=Cc2cc(C)cc(C)c2O)c1.[Cl][Zr][Cl]. The van der Waals surface area contributed by atoms with Crippen LogP contribution in [-0.2, 0) is 27.4 Å². The molecule has 1 aliphatic rings. The van der Waals surface area contributed by atoms with Crippen LogP contribution < -0.4 is 0 Å². The molecule has 2 N–H and O–H groups in total. The van der Waals surface area contributed by atoms with Gasteiger partial charge in [0.05, 0.1) is 12.1 Å². The van der Waals surface area contributed by atoms with Gasteiger partial charge >= 0.3 is 37.9 Å². The van der Waals surface area contributed by atoms with E-state index >= 15 is 0 Å². The van der Waals surface area contributed by atoms with Crippen molar-refractivity contribution in [3.63, 3.8) is 0 Å². The Bertz CT molecular complexity index is 1180. The molecular formula is C29H33Cl2N3O2Zr. The molecule has 0 radical (unpaired) electrons. The number of likely N-dealkylation sites (tertiary alicyclic amines) is 1. The van der Waals surface area contributed by atoms with Gasteiger partial charge in [-0.2, -0.15) is 0 Å². The standard InChI is InChI=1S/C29H33N3O2.2ClH.Zr/c1-19-10-21(3)28(33)24(12-19)14-30-26-17-32(16-23-8-6-5-7-9-23)18-27(26)31-15-25-13-20(2)11-22(4)29(25)34;;;/h5-15,26-27,33-34H,16-18H2,1-4H3;2*1H;/q;;;+2/p-2/t26-,27-;;;/m1.../s1. The van der Waals surface area contributed by atoms with Crippen molar-refractivity contribution in [1.82, 2.24) is 4.90 Å². The molecule has 2 atom stereocenters. The van der Waals surface area contributed by atoms with Crippen LogP contribution in [0.15, 0.2) is 64.6 Å². The summed E-state index contributed by atoms with van der Waals surface area (Å²) in [5.41, 5.74) is 6.59. The minimum atomic E-state index is -0.826. The van der Waals surface area contributed by atoms with E-state index in [0.717, 1.165) is 53.0 Å². The van der Waals surface area contributed by atoms with Crippen molar-refractivity contribution in [2.24, 2.45) is 9.98 Å². The van der Waals surface area contributed by atoms with Gasteiger partial charge in [0.1, 0.15) is 11.5 Å². The number of rotatable bonds is 6. The summed E-state index contributed by atoms with van der Waals surface area (Å²) in [6.45, 7) is 10.2. The fourth-order valence-electron chi connectivity index (χ4n) is 4.65. The number of aliphatic imine (C=N–C) groups is 2. The number of nitrogens with zero attached hydrogens (tertiary/aromatic N) is 3. The molecule has 37 heavy (non-hydrogen) atoms. The van der Waals surface area contributed by atoms with Crippen molar-refractivity contribution in [2.45, 2.75) is 46.3 Å². The summed E-state index contributed by atoms with van der Waals surface area (Å²) in [5, 5.41) is 21.0. The first-order valence-corrected chi connectivity index (χ1v) is 18.4. The molecule has 0 unspecified atom stereocenters. The number of halogens is 2. The molecule has 1 fully saturated rings. The van der Waals surface area contributed by atoms with E-state index in [1.54, 1.807) is 12.4 Å². The second-order valence-electron chi connectivity index (χ2n) is 9.48. The first-order chi connectivity index (χ1) is 17.7. The van der Waals surface area contributed by atoms with Gasteiger partial charge in [0.2, 0.25) is 0 Å². The molecule has 8 heteroatoms. The molecule has 0 aliphatic carbocycles. The summed E-state index contributed by atoms with van der Waals surface area (Å²) in [4.78, 5) is 12.1. The minimum absolute atomic E-state index is 0.0479. The zero-order chi connectivity index (χ0) is 26.9. The van der Waals surface area contributed by atoms with Gasteiger partial charge in [-0.15, -0.1) is 0 Å². The number of aromatic hydroxyl groups is 2. The van der Waals surface area contributed by atoms with Gasteiger partial charge in [-0.05, 0) is 67.6 Å². The Kier molecular flexibility index (Phi) is 11.4. The normalized spacial score (nSPS) is 17.8. The predicted octanol–water partition coefficient (Wildman–Crippen LogP) is 6.50. The first-order valence-electron chi connectivity index (χ1n) is 12.1. The Morgan fingerprint density at radius 3 is 1.68 bits per heavy atom. The van der Waals surface area contributed by atoms with Gasteiger partial charge < -0.3 is 10.2 Å². The quantitative estimate of drug-likeness (QED) is 0.311. The fraction of sp³-hybridized carbons (Fsp3) is 0.310. The van der Waals surface area contributed by atoms with Gasteiger partial charge in [-0.3, -0.25) is 14.9 Å². The number of aryl methyl sites for hydroxylation is 4. The van der Waals surface area contributed by atoms with Crippen LogP contribution >= 0.6 is 17.0 Å². The number of benzene rings is 3. The second kappa shape index (κ2) is 14.3. The molecule has 0 aromatic heterocycles. The Labute approximate surface area is 238 Å². The average Bonchev–Trinajstić information content (AvgIpc) is 3.24. The van der Waals surface area contributed by atoms with Crippen LogP contribution in [0.5, 0.6) is 11.5 Å². The molecule has 194 valence electrons. The number of hydrogen-bond acceptors (Lipinski definition) is 5. The molecular weight excluding hydrogens is 584 g/mol. The van der Waals surface area contributed by atoms with Crippen molar-refractivity contribution in [3.8, 4) is 11.5 Å². The number of phenols is 2. The maximum absolute atomic E-state index is 10.5. The first kappa shape index (κ1) is 29.6. The van der Waals surface area contributed by atoms with Gasteiger partial charge in [0.15, 0.2) is 0 Å². The summed E-state index contributed by atoms with van der Waals surface area (Å²) in [6.07, 6.45) is 3.56. The van der Waals surface area contributed by atoms with E-state index in [0.29, 0.717) is 0 Å². The van der Waals surface area contributed by atoms with Gasteiger partial charge in [-0.25, -0.2) is 0 Å². The van der Waals surface area contributed by atoms with Gasteiger partial charge in [0.25, 0.3) is 0 Å². The van der Waals surface area contributed by atoms with Crippen molar-refractivity contribution in [2.75, 3.05) is 13.1 Å². The van der Waals surface area contributed by atoms with E-state index in [9.17, 15) is 10.2 Å². The third-order valence-electron chi connectivity index (χ3n) is 6.34. The Hall–Kier alpha value is -1.98. The number of hydrogen-bond donors (Lipinski definition) is 2. The molecule has 0 amide bonds. The third kappa shape index (κ3) is 8.51. The van der Waals surface area contributed by atoms with Gasteiger partial charge in [-0.1, -0.05) is 42.5 Å². The third-order valence-corrected chi connectivity index (χ3v) is 6.34. The maximum atomic E-state index is 10.5. The Morgan fingerprint density at radius 1 is 0.811 bits per heavy atom. The van der Waals surface area contributed by atoms with E-state index in [-0.39, 0.29) is 23.6 Å². The predicted molar refractivity (Wildman–Crippen MR) is 151 cm³/mol. The summed E-state index contributed by atoms with van der Waals surface area (Å²) in [7, 11) is 9.87. The summed E-state index contributed by atoms with van der Waals surface area (Å²) in [6, 6.07) is 18.2. The average molecular weight is 618 g/mol. The van der Waals surface area contributed by atoms with E-state index < -0.39 is 20.8 Å². The van der Waals surface area contributed by atoms with Crippen molar-refractivity contribution in [3.05, 3.63) is 93.5 Å². The summed E-state index contributed by atoms with van der Waals surface area (Å²) in [5.74, 6) is 0.544. The Balaban J connectivity index is 0.00000121. The zero-order valence-corrected chi connectivity index (χ0v) is 25.6. The topological polar surface area (TPSA) is 68.4 Å². The molecule has 3 aromatic rings. The fourth-order valence-corrected chi connectivity index (χ4v) is 4.65. The molecule has 0 bridgehead atoms. The van der Waals surface area contributed by atoms with Crippen LogP contribution in [0.3, 0.4) is 0 Å². The van der Waals surface area contributed by atoms with E-state index in [4.69, 9.17) is 27.0 Å². The van der Waals surface area contributed by atoms with Crippen molar-refractivity contribution in [1.29, 1.82) is 0 Å². The molecule has 1 saturated heterocycles. The summed E-state index contributed by atoms with van der Waals surface area (Å²) >= 11 is -0.826. The van der Waals surface area contributed by atoms with Crippen LogP contribution in [0.4, 0.5) is 0 Å². The molecule has 1 aliphatic heterocycles. The van der Waals surface area contributed by atoms with Gasteiger partial charge in [0, 0.05) is 43.2 Å². The molecule has 4 rings (SSSR count). The van der Waals surface area contributed by atoms with Crippen LogP contribution in [0, 0.1) is 27.7 Å². The molecule has 3 aromatic carbocycles. The van der Waals surface area contributed by atoms with Crippen LogP contribution in [0.1, 0.15) is 38.9 Å². The van der Waals surface area contributed by atoms with E-state index in [2.05, 4.69) is 29.2 Å². The molecule has 0 spiro atoms. The van der Waals surface area contributed by atoms with Crippen molar-refractivity contribution >= 4 is 29.5 Å². The Morgan fingerprint density at radius 2 is 1.24 bits per heavy atom. The molecule has 1 heterocycles. The number of phenolic OH excluding ortho intramolecular Hbond substituents is 2. The van der Waals surface area contributed by atoms with Crippen LogP contribution in [0.2, 0.25) is 0 Å². The van der Waals surface area contributed by atoms with Crippen LogP contribution in [0.25, 0.3) is 0 Å². The van der Waals surface area contributed by atoms with Crippen LogP contribution in [-0.4, -0.2) is 52.7 Å². The van der Waals surface area contributed by atoms with E-state index in [1.165, 1.54) is 5.56 Å². The van der Waals surface area contributed by atoms with E-state index in [1.807, 2.05) is 58.0 Å². The monoisotopic (exact) mass is 615 g/mol. The zero-order valence-electron chi connectivity index (χ0n) is 21.6. The summed E-state index contributed by atoms with van der Waals surface area (Å²) < 4.78 is 0.